The number of amides is 1. The zero-order valence-corrected chi connectivity index (χ0v) is 12.1. The molecule has 1 saturated carbocycles. The Morgan fingerprint density at radius 2 is 2.05 bits per heavy atom. The van der Waals surface area contributed by atoms with Gasteiger partial charge in [-0.2, -0.15) is 0 Å². The molecule has 1 heterocycles. The molecular formula is C17H21N3O. The lowest BCUT2D eigenvalue weighted by Gasteiger charge is -2.15. The molecule has 1 amide bonds. The Bertz CT molecular complexity index is 635. The molecule has 2 aromatic rings. The van der Waals surface area contributed by atoms with Crippen LogP contribution in [0.2, 0.25) is 0 Å². The van der Waals surface area contributed by atoms with E-state index >= 15 is 0 Å². The molecule has 4 heteroatoms. The first-order chi connectivity index (χ1) is 10.2. The minimum atomic E-state index is 0.0745. The summed E-state index contributed by atoms with van der Waals surface area (Å²) in [6.45, 7) is 0. The molecule has 3 N–H and O–H groups in total. The van der Waals surface area contributed by atoms with Gasteiger partial charge in [0.2, 0.25) is 5.91 Å². The van der Waals surface area contributed by atoms with Gasteiger partial charge in [0.15, 0.2) is 0 Å². The van der Waals surface area contributed by atoms with Crippen molar-refractivity contribution in [3.05, 3.63) is 36.5 Å². The average Bonchev–Trinajstić information content (AvgIpc) is 2.72. The van der Waals surface area contributed by atoms with Crippen molar-refractivity contribution in [1.82, 2.24) is 4.98 Å². The van der Waals surface area contributed by atoms with E-state index in [0.717, 1.165) is 48.7 Å². The monoisotopic (exact) mass is 283 g/mol. The second kappa shape index (κ2) is 6.22. The number of aromatic nitrogens is 1. The third kappa shape index (κ3) is 3.22. The van der Waals surface area contributed by atoms with E-state index in [-0.39, 0.29) is 17.9 Å². The first-order valence-electron chi connectivity index (χ1n) is 7.64. The molecule has 1 aromatic carbocycles. The summed E-state index contributed by atoms with van der Waals surface area (Å²) in [4.78, 5) is 16.8. The van der Waals surface area contributed by atoms with Gasteiger partial charge in [0.25, 0.3) is 0 Å². The van der Waals surface area contributed by atoms with Crippen LogP contribution in [0.25, 0.3) is 10.9 Å². The molecule has 0 saturated heterocycles. The number of anilines is 1. The van der Waals surface area contributed by atoms with Crippen LogP contribution in [0.4, 0.5) is 5.69 Å². The van der Waals surface area contributed by atoms with Gasteiger partial charge in [-0.1, -0.05) is 12.5 Å². The topological polar surface area (TPSA) is 68.0 Å². The number of fused-ring (bicyclic) bond motifs is 1. The fourth-order valence-electron chi connectivity index (χ4n) is 3.04. The van der Waals surface area contributed by atoms with E-state index in [1.165, 1.54) is 0 Å². The zero-order chi connectivity index (χ0) is 14.7. The minimum absolute atomic E-state index is 0.0745. The highest BCUT2D eigenvalue weighted by molar-refractivity contribution is 6.01. The lowest BCUT2D eigenvalue weighted by atomic mass is 9.99. The van der Waals surface area contributed by atoms with Crippen molar-refractivity contribution in [2.45, 2.75) is 38.1 Å². The maximum Gasteiger partial charge on any atom is 0.227 e. The van der Waals surface area contributed by atoms with Gasteiger partial charge >= 0.3 is 0 Å². The molecule has 0 radical (unpaired) electrons. The molecule has 0 spiro atoms. The number of rotatable bonds is 2. The highest BCUT2D eigenvalue weighted by Crippen LogP contribution is 2.26. The molecule has 1 fully saturated rings. The standard InChI is InChI=1S/C17H21N3O/c18-13-5-1-4-12(9-10-13)17(21)20-16-8-2-7-15-14(16)6-3-11-19-15/h2-3,6-8,11-13H,1,4-5,9-10,18H2,(H,20,21)/t12-,13?/m0/s1. The molecule has 4 nitrogen and oxygen atoms in total. The van der Waals surface area contributed by atoms with Crippen LogP contribution < -0.4 is 11.1 Å². The summed E-state index contributed by atoms with van der Waals surface area (Å²) in [5, 5.41) is 4.06. The molecule has 110 valence electrons. The van der Waals surface area contributed by atoms with E-state index in [0.29, 0.717) is 0 Å². The van der Waals surface area contributed by atoms with Crippen LogP contribution in [-0.4, -0.2) is 16.9 Å². The molecule has 0 bridgehead atoms. The Morgan fingerprint density at radius 3 is 2.95 bits per heavy atom. The highest BCUT2D eigenvalue weighted by Gasteiger charge is 2.23. The summed E-state index contributed by atoms with van der Waals surface area (Å²) in [6, 6.07) is 9.95. The van der Waals surface area contributed by atoms with Crippen LogP contribution in [-0.2, 0) is 4.79 Å². The summed E-state index contributed by atoms with van der Waals surface area (Å²) in [7, 11) is 0. The number of hydrogen-bond donors (Lipinski definition) is 2. The summed E-state index contributed by atoms with van der Waals surface area (Å²) >= 11 is 0. The normalized spacial score (nSPS) is 22.7. The molecule has 1 unspecified atom stereocenters. The van der Waals surface area contributed by atoms with Crippen molar-refractivity contribution in [1.29, 1.82) is 0 Å². The second-order valence-electron chi connectivity index (χ2n) is 5.83. The van der Waals surface area contributed by atoms with E-state index in [2.05, 4.69) is 10.3 Å². The number of nitrogens with zero attached hydrogens (tertiary/aromatic N) is 1. The number of hydrogen-bond acceptors (Lipinski definition) is 3. The van der Waals surface area contributed by atoms with E-state index < -0.39 is 0 Å². The minimum Gasteiger partial charge on any atom is -0.328 e. The van der Waals surface area contributed by atoms with E-state index in [1.54, 1.807) is 6.20 Å². The summed E-state index contributed by atoms with van der Waals surface area (Å²) in [6.07, 6.45) is 6.59. The van der Waals surface area contributed by atoms with Gasteiger partial charge in [-0.15, -0.1) is 0 Å². The Hall–Kier alpha value is -1.94. The predicted octanol–water partition coefficient (Wildman–Crippen LogP) is 3.08. The Labute approximate surface area is 124 Å². The van der Waals surface area contributed by atoms with Crippen molar-refractivity contribution in [2.75, 3.05) is 5.32 Å². The number of carbonyl (C=O) groups is 1. The van der Waals surface area contributed by atoms with Gasteiger partial charge in [0.1, 0.15) is 0 Å². The smallest absolute Gasteiger partial charge is 0.227 e. The molecule has 2 atom stereocenters. The number of pyridine rings is 1. The van der Waals surface area contributed by atoms with Crippen LogP contribution >= 0.6 is 0 Å². The number of nitrogens with one attached hydrogen (secondary N) is 1. The van der Waals surface area contributed by atoms with Gasteiger partial charge in [-0.3, -0.25) is 9.78 Å². The maximum absolute atomic E-state index is 12.5. The van der Waals surface area contributed by atoms with Crippen LogP contribution in [0.1, 0.15) is 32.1 Å². The second-order valence-corrected chi connectivity index (χ2v) is 5.83. The van der Waals surface area contributed by atoms with Crippen LogP contribution in [0.15, 0.2) is 36.5 Å². The van der Waals surface area contributed by atoms with Crippen molar-refractivity contribution < 1.29 is 4.79 Å². The molecule has 21 heavy (non-hydrogen) atoms. The zero-order valence-electron chi connectivity index (χ0n) is 12.1. The lowest BCUT2D eigenvalue weighted by molar-refractivity contribution is -0.120. The average molecular weight is 283 g/mol. The SMILES string of the molecule is NC1CCC[C@H](C(=O)Nc2cccc3ncccc23)CC1. The largest absolute Gasteiger partial charge is 0.328 e. The summed E-state index contributed by atoms with van der Waals surface area (Å²) < 4.78 is 0. The third-order valence-electron chi connectivity index (χ3n) is 4.29. The Kier molecular flexibility index (Phi) is 4.15. The fourth-order valence-corrected chi connectivity index (χ4v) is 3.04. The quantitative estimate of drug-likeness (QED) is 0.832. The van der Waals surface area contributed by atoms with Crippen LogP contribution in [0.5, 0.6) is 0 Å². The predicted molar refractivity (Wildman–Crippen MR) is 84.9 cm³/mol. The van der Waals surface area contributed by atoms with Gasteiger partial charge in [-0.25, -0.2) is 0 Å². The molecule has 0 aliphatic heterocycles. The Balaban J connectivity index is 1.77. The van der Waals surface area contributed by atoms with Crippen molar-refractivity contribution in [2.24, 2.45) is 11.7 Å². The molecule has 3 rings (SSSR count). The third-order valence-corrected chi connectivity index (χ3v) is 4.29. The molecule has 1 aliphatic carbocycles. The summed E-state index contributed by atoms with van der Waals surface area (Å²) in [5.74, 6) is 0.186. The maximum atomic E-state index is 12.5. The Morgan fingerprint density at radius 1 is 1.14 bits per heavy atom. The van der Waals surface area contributed by atoms with Gasteiger partial charge in [0, 0.05) is 23.5 Å². The molecular weight excluding hydrogens is 262 g/mol. The fraction of sp³-hybridized carbons (Fsp3) is 0.412. The number of carbonyl (C=O) groups excluding carboxylic acids is 1. The van der Waals surface area contributed by atoms with Gasteiger partial charge in [0.05, 0.1) is 11.2 Å². The van der Waals surface area contributed by atoms with Gasteiger partial charge < -0.3 is 11.1 Å². The van der Waals surface area contributed by atoms with Crippen LogP contribution in [0, 0.1) is 5.92 Å². The molecule has 1 aromatic heterocycles. The van der Waals surface area contributed by atoms with Crippen molar-refractivity contribution in [3.8, 4) is 0 Å². The van der Waals surface area contributed by atoms with Crippen molar-refractivity contribution >= 4 is 22.5 Å². The number of benzene rings is 1. The highest BCUT2D eigenvalue weighted by atomic mass is 16.1. The van der Waals surface area contributed by atoms with Crippen molar-refractivity contribution in [3.63, 3.8) is 0 Å². The summed E-state index contributed by atoms with van der Waals surface area (Å²) in [5.41, 5.74) is 7.73. The molecule has 1 aliphatic rings. The van der Waals surface area contributed by atoms with E-state index in [4.69, 9.17) is 5.73 Å². The van der Waals surface area contributed by atoms with Crippen LogP contribution in [0.3, 0.4) is 0 Å². The lowest BCUT2D eigenvalue weighted by Crippen LogP contribution is -2.23. The number of nitrogens with two attached hydrogens (primary N) is 1. The van der Waals surface area contributed by atoms with Gasteiger partial charge in [-0.05, 0) is 49.9 Å². The van der Waals surface area contributed by atoms with E-state index in [1.807, 2.05) is 30.3 Å². The van der Waals surface area contributed by atoms with E-state index in [9.17, 15) is 4.79 Å². The first-order valence-corrected chi connectivity index (χ1v) is 7.64. The first kappa shape index (κ1) is 14.0.